The molecule has 5 nitrogen and oxygen atoms in total. The van der Waals surface area contributed by atoms with Gasteiger partial charge in [-0.3, -0.25) is 0 Å². The lowest BCUT2D eigenvalue weighted by atomic mass is 9.71. The fraction of sp³-hybridized carbons (Fsp3) is 0.733. The van der Waals surface area contributed by atoms with Crippen molar-refractivity contribution < 1.29 is 5.11 Å². The van der Waals surface area contributed by atoms with Gasteiger partial charge in [0.25, 0.3) is 0 Å². The lowest BCUT2D eigenvalue weighted by Crippen LogP contribution is -2.42. The molecule has 1 aliphatic carbocycles. The van der Waals surface area contributed by atoms with Crippen molar-refractivity contribution in [1.82, 2.24) is 9.97 Å². The average Bonchev–Trinajstić information content (AvgIpc) is 2.40. The molecule has 0 bridgehead atoms. The number of anilines is 2. The predicted octanol–water partition coefficient (Wildman–Crippen LogP) is 2.57. The number of rotatable bonds is 4. The number of nitrogens with one attached hydrogen (secondary N) is 2. The van der Waals surface area contributed by atoms with Gasteiger partial charge in [0.15, 0.2) is 0 Å². The lowest BCUT2D eigenvalue weighted by molar-refractivity contribution is -0.0145. The maximum absolute atomic E-state index is 10.6. The Bertz CT molecular complexity index is 463. The first kappa shape index (κ1) is 15.0. The standard InChI is InChI=1S/C15H26N4O/c1-11-9-12(19-13(16-4)18-11)17-10-15(20)7-5-14(2,3)6-8-15/h9,20H,5-8,10H2,1-4H3,(H2,16,17,18,19). The summed E-state index contributed by atoms with van der Waals surface area (Å²) in [6.07, 6.45) is 3.82. The third kappa shape index (κ3) is 3.82. The molecule has 1 aromatic rings. The molecule has 1 saturated carbocycles. The Labute approximate surface area is 121 Å². The zero-order valence-electron chi connectivity index (χ0n) is 13.0. The van der Waals surface area contributed by atoms with Crippen LogP contribution in [0.25, 0.3) is 0 Å². The zero-order valence-corrected chi connectivity index (χ0v) is 13.0. The van der Waals surface area contributed by atoms with Gasteiger partial charge in [0, 0.05) is 25.4 Å². The topological polar surface area (TPSA) is 70.1 Å². The highest BCUT2D eigenvalue weighted by Gasteiger charge is 2.36. The van der Waals surface area contributed by atoms with Crippen LogP contribution < -0.4 is 10.6 Å². The minimum Gasteiger partial charge on any atom is -0.388 e. The van der Waals surface area contributed by atoms with Gasteiger partial charge in [-0.2, -0.15) is 4.98 Å². The fourth-order valence-electron chi connectivity index (χ4n) is 2.59. The summed E-state index contributed by atoms with van der Waals surface area (Å²) >= 11 is 0. The maximum Gasteiger partial charge on any atom is 0.224 e. The number of nitrogens with zero attached hydrogens (tertiary/aromatic N) is 2. The van der Waals surface area contributed by atoms with Crippen LogP contribution in [0.5, 0.6) is 0 Å². The van der Waals surface area contributed by atoms with Crippen LogP contribution in [0.2, 0.25) is 0 Å². The van der Waals surface area contributed by atoms with E-state index in [1.165, 1.54) is 0 Å². The van der Waals surface area contributed by atoms with Crippen LogP contribution in [0.15, 0.2) is 6.07 Å². The number of aryl methyl sites for hydroxylation is 1. The highest BCUT2D eigenvalue weighted by Crippen LogP contribution is 2.40. The molecule has 0 radical (unpaired) electrons. The summed E-state index contributed by atoms with van der Waals surface area (Å²) in [5.74, 6) is 1.37. The van der Waals surface area contributed by atoms with Crippen LogP contribution in [0.1, 0.15) is 45.2 Å². The van der Waals surface area contributed by atoms with Gasteiger partial charge in [0.2, 0.25) is 5.95 Å². The number of hydrogen-bond donors (Lipinski definition) is 3. The number of aliphatic hydroxyl groups is 1. The van der Waals surface area contributed by atoms with E-state index in [0.717, 1.165) is 37.2 Å². The molecule has 2 rings (SSSR count). The molecule has 0 aliphatic heterocycles. The summed E-state index contributed by atoms with van der Waals surface area (Å²) in [5, 5.41) is 16.8. The average molecular weight is 278 g/mol. The summed E-state index contributed by atoms with van der Waals surface area (Å²) < 4.78 is 0. The van der Waals surface area contributed by atoms with Crippen molar-refractivity contribution in [3.63, 3.8) is 0 Å². The summed E-state index contributed by atoms with van der Waals surface area (Å²) in [6, 6.07) is 1.90. The number of hydrogen-bond acceptors (Lipinski definition) is 5. The summed E-state index contributed by atoms with van der Waals surface area (Å²) in [6.45, 7) is 7.02. The van der Waals surface area contributed by atoms with E-state index >= 15 is 0 Å². The van der Waals surface area contributed by atoms with E-state index in [1.807, 2.05) is 13.0 Å². The molecule has 1 fully saturated rings. The van der Waals surface area contributed by atoms with E-state index in [1.54, 1.807) is 7.05 Å². The van der Waals surface area contributed by atoms with Crippen molar-refractivity contribution in [1.29, 1.82) is 0 Å². The highest BCUT2D eigenvalue weighted by atomic mass is 16.3. The molecule has 0 atom stereocenters. The molecule has 1 heterocycles. The van der Waals surface area contributed by atoms with E-state index in [2.05, 4.69) is 34.4 Å². The van der Waals surface area contributed by atoms with Crippen LogP contribution in [-0.4, -0.2) is 34.3 Å². The minimum absolute atomic E-state index is 0.358. The molecule has 3 N–H and O–H groups in total. The van der Waals surface area contributed by atoms with Gasteiger partial charge >= 0.3 is 0 Å². The molecule has 0 aromatic carbocycles. The number of aromatic nitrogens is 2. The van der Waals surface area contributed by atoms with Crippen LogP contribution in [0.4, 0.5) is 11.8 Å². The second kappa shape index (κ2) is 5.56. The molecular formula is C15H26N4O. The maximum atomic E-state index is 10.6. The van der Waals surface area contributed by atoms with E-state index in [-0.39, 0.29) is 0 Å². The Morgan fingerprint density at radius 1 is 1.20 bits per heavy atom. The molecule has 0 spiro atoms. The normalized spacial score (nSPS) is 20.4. The van der Waals surface area contributed by atoms with Crippen molar-refractivity contribution in [2.75, 3.05) is 24.2 Å². The molecule has 0 unspecified atom stereocenters. The van der Waals surface area contributed by atoms with Crippen LogP contribution >= 0.6 is 0 Å². The quantitative estimate of drug-likeness (QED) is 0.789. The largest absolute Gasteiger partial charge is 0.388 e. The second-order valence-electron chi connectivity index (χ2n) is 6.71. The van der Waals surface area contributed by atoms with Crippen molar-refractivity contribution in [2.24, 2.45) is 5.41 Å². The third-order valence-electron chi connectivity index (χ3n) is 4.21. The summed E-state index contributed by atoms with van der Waals surface area (Å²) in [5.41, 5.74) is 0.647. The van der Waals surface area contributed by atoms with Gasteiger partial charge in [0.05, 0.1) is 5.60 Å². The van der Waals surface area contributed by atoms with Gasteiger partial charge in [-0.15, -0.1) is 0 Å². The SMILES string of the molecule is CNc1nc(C)cc(NCC2(O)CCC(C)(C)CC2)n1. The molecule has 1 aliphatic rings. The predicted molar refractivity (Wildman–Crippen MR) is 82.0 cm³/mol. The molecule has 20 heavy (non-hydrogen) atoms. The monoisotopic (exact) mass is 278 g/mol. The van der Waals surface area contributed by atoms with E-state index in [0.29, 0.717) is 17.9 Å². The van der Waals surface area contributed by atoms with Crippen molar-refractivity contribution in [3.8, 4) is 0 Å². The Kier molecular flexibility index (Phi) is 4.18. The van der Waals surface area contributed by atoms with Gasteiger partial charge in [-0.1, -0.05) is 13.8 Å². The molecule has 112 valence electrons. The minimum atomic E-state index is -0.617. The van der Waals surface area contributed by atoms with E-state index in [9.17, 15) is 5.11 Å². The lowest BCUT2D eigenvalue weighted by Gasteiger charge is -2.40. The first-order valence-electron chi connectivity index (χ1n) is 7.32. The Morgan fingerprint density at radius 2 is 1.85 bits per heavy atom. The molecule has 0 amide bonds. The third-order valence-corrected chi connectivity index (χ3v) is 4.21. The first-order valence-corrected chi connectivity index (χ1v) is 7.32. The molecule has 1 aromatic heterocycles. The van der Waals surface area contributed by atoms with Crippen LogP contribution in [0, 0.1) is 12.3 Å². The van der Waals surface area contributed by atoms with Gasteiger partial charge in [0.1, 0.15) is 5.82 Å². The van der Waals surface area contributed by atoms with Crippen LogP contribution in [-0.2, 0) is 0 Å². The Morgan fingerprint density at radius 3 is 2.45 bits per heavy atom. The van der Waals surface area contributed by atoms with Crippen molar-refractivity contribution in [2.45, 2.75) is 52.1 Å². The Hall–Kier alpha value is -1.36. The first-order chi connectivity index (χ1) is 9.32. The highest BCUT2D eigenvalue weighted by molar-refractivity contribution is 5.42. The second-order valence-corrected chi connectivity index (χ2v) is 6.71. The Balaban J connectivity index is 1.97. The van der Waals surface area contributed by atoms with Crippen molar-refractivity contribution >= 4 is 11.8 Å². The molecule has 5 heteroatoms. The molecule has 0 saturated heterocycles. The van der Waals surface area contributed by atoms with Gasteiger partial charge < -0.3 is 15.7 Å². The summed E-state index contributed by atoms with van der Waals surface area (Å²) in [7, 11) is 1.80. The zero-order chi connectivity index (χ0) is 14.8. The van der Waals surface area contributed by atoms with Crippen molar-refractivity contribution in [3.05, 3.63) is 11.8 Å². The van der Waals surface area contributed by atoms with Gasteiger partial charge in [-0.05, 0) is 38.0 Å². The smallest absolute Gasteiger partial charge is 0.224 e. The van der Waals surface area contributed by atoms with E-state index < -0.39 is 5.60 Å². The summed E-state index contributed by atoms with van der Waals surface area (Å²) in [4.78, 5) is 8.61. The fourth-order valence-corrected chi connectivity index (χ4v) is 2.59. The van der Waals surface area contributed by atoms with Crippen LogP contribution in [0.3, 0.4) is 0 Å². The molecular weight excluding hydrogens is 252 g/mol. The van der Waals surface area contributed by atoms with E-state index in [4.69, 9.17) is 0 Å². The van der Waals surface area contributed by atoms with Gasteiger partial charge in [-0.25, -0.2) is 4.98 Å².